The monoisotopic (exact) mass is 582 g/mol. The third kappa shape index (κ3) is 5.16. The van der Waals surface area contributed by atoms with Crippen LogP contribution in [0.1, 0.15) is 84.0 Å². The average molecular weight is 583 g/mol. The van der Waals surface area contributed by atoms with Gasteiger partial charge in [0.05, 0.1) is 11.5 Å². The van der Waals surface area contributed by atoms with Crippen molar-refractivity contribution >= 4 is 5.97 Å². The van der Waals surface area contributed by atoms with Gasteiger partial charge in [0.2, 0.25) is 5.88 Å². The van der Waals surface area contributed by atoms with Crippen LogP contribution in [-0.4, -0.2) is 35.5 Å². The summed E-state index contributed by atoms with van der Waals surface area (Å²) in [7, 11) is 3.70. The van der Waals surface area contributed by atoms with E-state index < -0.39 is 29.1 Å². The molecule has 42 heavy (non-hydrogen) atoms. The van der Waals surface area contributed by atoms with E-state index in [9.17, 15) is 18.0 Å². The van der Waals surface area contributed by atoms with E-state index >= 15 is 4.39 Å². The molecule has 0 radical (unpaired) electrons. The molecular weight excluding hydrogens is 548 g/mol. The highest BCUT2D eigenvalue weighted by Gasteiger charge is 2.61. The zero-order chi connectivity index (χ0) is 30.1. The molecule has 0 saturated heterocycles. The first-order valence-electron chi connectivity index (χ1n) is 14.2. The van der Waals surface area contributed by atoms with Gasteiger partial charge < -0.3 is 14.4 Å². The number of halogens is 4. The van der Waals surface area contributed by atoms with Gasteiger partial charge in [0.15, 0.2) is 0 Å². The Morgan fingerprint density at radius 1 is 1.02 bits per heavy atom. The van der Waals surface area contributed by atoms with Crippen LogP contribution in [0.15, 0.2) is 48.7 Å². The van der Waals surface area contributed by atoms with Gasteiger partial charge in [0.1, 0.15) is 18.0 Å². The number of fused-ring (bicyclic) bond motifs is 4. The van der Waals surface area contributed by atoms with E-state index in [0.29, 0.717) is 23.4 Å². The fraction of sp³-hybridized carbons (Fsp3) is 0.455. The molecular formula is C33H34F4N2O3. The minimum atomic E-state index is -4.49. The fourth-order valence-electron chi connectivity index (χ4n) is 6.86. The number of aromatic nitrogens is 1. The number of esters is 1. The summed E-state index contributed by atoms with van der Waals surface area (Å²) in [4.78, 5) is 18.9. The second-order valence-electron chi connectivity index (χ2n) is 12.9. The molecule has 6 rings (SSSR count). The van der Waals surface area contributed by atoms with Crippen molar-refractivity contribution < 1.29 is 31.8 Å². The Morgan fingerprint density at radius 3 is 2.45 bits per heavy atom. The smallest absolute Gasteiger partial charge is 0.416 e. The van der Waals surface area contributed by atoms with E-state index in [1.165, 1.54) is 18.2 Å². The number of benzene rings is 2. The number of carbonyl (C=O) groups excluding carboxylic acids is 1. The molecule has 1 aromatic heterocycles. The van der Waals surface area contributed by atoms with E-state index in [-0.39, 0.29) is 47.5 Å². The molecule has 0 amide bonds. The van der Waals surface area contributed by atoms with Crippen molar-refractivity contribution in [1.82, 2.24) is 9.88 Å². The highest BCUT2D eigenvalue weighted by Crippen LogP contribution is 2.62. The molecule has 3 aliphatic rings. The standard InChI is InChI=1S/C33H34F4N2O3/c1-32(2,3)42-31(40)30-23-10-17-12-28(38-15-24(17)29(23)30)41-16-18-11-20-21(14-27(39(4)5)22(20)13-26(18)34)19-8-6-7-9-25(19)33(35,36)37/h6-9,11-13,15,21,23,27,29-30H,10,14,16H2,1-5H3/t21-,23?,27+,29?,30?/m0/s1. The van der Waals surface area contributed by atoms with Crippen molar-refractivity contribution in [3.63, 3.8) is 0 Å². The fourth-order valence-corrected chi connectivity index (χ4v) is 6.86. The van der Waals surface area contributed by atoms with E-state index in [0.717, 1.165) is 23.6 Å². The zero-order valence-corrected chi connectivity index (χ0v) is 24.3. The maximum atomic E-state index is 15.4. The summed E-state index contributed by atoms with van der Waals surface area (Å²) in [5, 5.41) is 0. The Hall–Kier alpha value is -3.46. The molecule has 3 aliphatic carbocycles. The minimum Gasteiger partial charge on any atom is -0.473 e. The van der Waals surface area contributed by atoms with Gasteiger partial charge in [-0.05, 0) is 99.6 Å². The lowest BCUT2D eigenvalue weighted by Crippen LogP contribution is -2.26. The molecule has 5 atom stereocenters. The molecule has 222 valence electrons. The van der Waals surface area contributed by atoms with Gasteiger partial charge in [0, 0.05) is 35.7 Å². The van der Waals surface area contributed by atoms with Crippen LogP contribution < -0.4 is 4.74 Å². The van der Waals surface area contributed by atoms with E-state index in [2.05, 4.69) is 4.98 Å². The first-order chi connectivity index (χ1) is 19.7. The molecule has 3 aromatic rings. The molecule has 2 aromatic carbocycles. The quantitative estimate of drug-likeness (QED) is 0.228. The van der Waals surface area contributed by atoms with Crippen molar-refractivity contribution in [2.75, 3.05) is 14.1 Å². The van der Waals surface area contributed by atoms with Gasteiger partial charge in [-0.1, -0.05) is 18.2 Å². The number of carbonyl (C=O) groups is 1. The molecule has 1 heterocycles. The number of alkyl halides is 3. The predicted octanol–water partition coefficient (Wildman–Crippen LogP) is 7.18. The van der Waals surface area contributed by atoms with Crippen LogP contribution in [0.5, 0.6) is 5.88 Å². The third-order valence-corrected chi connectivity index (χ3v) is 8.75. The molecule has 0 bridgehead atoms. The molecule has 1 saturated carbocycles. The molecule has 9 heteroatoms. The third-order valence-electron chi connectivity index (χ3n) is 8.75. The summed E-state index contributed by atoms with van der Waals surface area (Å²) in [5.41, 5.74) is 2.70. The van der Waals surface area contributed by atoms with Gasteiger partial charge in [-0.2, -0.15) is 13.2 Å². The topological polar surface area (TPSA) is 51.7 Å². The van der Waals surface area contributed by atoms with Crippen molar-refractivity contribution in [3.8, 4) is 5.88 Å². The highest BCUT2D eigenvalue weighted by molar-refractivity contribution is 5.80. The number of hydrogen-bond acceptors (Lipinski definition) is 5. The second-order valence-corrected chi connectivity index (χ2v) is 12.9. The highest BCUT2D eigenvalue weighted by atomic mass is 19.4. The summed E-state index contributed by atoms with van der Waals surface area (Å²) in [6.07, 6.45) is -1.63. The van der Waals surface area contributed by atoms with Gasteiger partial charge in [0.25, 0.3) is 0 Å². The van der Waals surface area contributed by atoms with Crippen LogP contribution in [0, 0.1) is 17.7 Å². The Kier molecular flexibility index (Phi) is 6.87. The molecule has 3 unspecified atom stereocenters. The maximum absolute atomic E-state index is 15.4. The van der Waals surface area contributed by atoms with Crippen molar-refractivity contribution in [2.45, 2.75) is 69.9 Å². The Balaban J connectivity index is 1.22. The minimum absolute atomic E-state index is 0.103. The molecule has 5 nitrogen and oxygen atoms in total. The lowest BCUT2D eigenvalue weighted by Gasteiger charge is -2.21. The largest absolute Gasteiger partial charge is 0.473 e. The van der Waals surface area contributed by atoms with Crippen LogP contribution in [0.2, 0.25) is 0 Å². The van der Waals surface area contributed by atoms with Crippen LogP contribution in [0.3, 0.4) is 0 Å². The Morgan fingerprint density at radius 2 is 1.76 bits per heavy atom. The van der Waals surface area contributed by atoms with Crippen molar-refractivity contribution in [3.05, 3.63) is 93.4 Å². The van der Waals surface area contributed by atoms with E-state index in [1.807, 2.05) is 45.8 Å². The van der Waals surface area contributed by atoms with Crippen LogP contribution >= 0.6 is 0 Å². The Bertz CT molecular complexity index is 1550. The lowest BCUT2D eigenvalue weighted by molar-refractivity contribution is -0.157. The number of ether oxygens (including phenoxy) is 2. The summed E-state index contributed by atoms with van der Waals surface area (Å²) >= 11 is 0. The maximum Gasteiger partial charge on any atom is 0.416 e. The number of nitrogens with zero attached hydrogens (tertiary/aromatic N) is 2. The molecule has 0 aliphatic heterocycles. The van der Waals surface area contributed by atoms with Crippen LogP contribution in [-0.2, 0) is 28.7 Å². The number of pyridine rings is 1. The van der Waals surface area contributed by atoms with Crippen molar-refractivity contribution in [1.29, 1.82) is 0 Å². The normalized spacial score (nSPS) is 24.3. The summed E-state index contributed by atoms with van der Waals surface area (Å²) in [6.45, 7) is 5.45. The first-order valence-corrected chi connectivity index (χ1v) is 14.2. The predicted molar refractivity (Wildman–Crippen MR) is 149 cm³/mol. The summed E-state index contributed by atoms with van der Waals surface area (Å²) in [6, 6.07) is 10.3. The molecule has 1 fully saturated rings. The van der Waals surface area contributed by atoms with Crippen molar-refractivity contribution in [2.24, 2.45) is 11.8 Å². The van der Waals surface area contributed by atoms with E-state index in [4.69, 9.17) is 9.47 Å². The SMILES string of the molecule is CN(C)[C@@H]1C[C@@H](c2ccccc2C(F)(F)F)c2cc(COc3cc4c(cn3)C3C(C4)C3C(=O)OC(C)(C)C)c(F)cc21. The van der Waals surface area contributed by atoms with Gasteiger partial charge >= 0.3 is 12.1 Å². The Labute approximate surface area is 242 Å². The lowest BCUT2D eigenvalue weighted by atomic mass is 9.88. The van der Waals surface area contributed by atoms with Gasteiger partial charge in [-0.25, -0.2) is 9.37 Å². The zero-order valence-electron chi connectivity index (χ0n) is 24.3. The molecule has 0 spiro atoms. The summed E-state index contributed by atoms with van der Waals surface area (Å²) in [5.74, 6) is -0.682. The average Bonchev–Trinajstić information content (AvgIpc) is 3.30. The van der Waals surface area contributed by atoms with Gasteiger partial charge in [-0.15, -0.1) is 0 Å². The van der Waals surface area contributed by atoms with Crippen LogP contribution in [0.4, 0.5) is 17.6 Å². The first kappa shape index (κ1) is 28.6. The second kappa shape index (κ2) is 10.1. The van der Waals surface area contributed by atoms with Gasteiger partial charge in [-0.3, -0.25) is 4.79 Å². The van der Waals surface area contributed by atoms with E-state index in [1.54, 1.807) is 18.3 Å². The number of rotatable bonds is 6. The molecule has 0 N–H and O–H groups in total. The van der Waals surface area contributed by atoms with Crippen LogP contribution in [0.25, 0.3) is 0 Å². The number of hydrogen-bond donors (Lipinski definition) is 0. The summed E-state index contributed by atoms with van der Waals surface area (Å²) < 4.78 is 68.6.